The average molecular weight is 258 g/mol. The molecule has 0 saturated heterocycles. The highest BCUT2D eigenvalue weighted by atomic mass is 16.5. The fourth-order valence-electron chi connectivity index (χ4n) is 2.44. The first-order valence-electron chi connectivity index (χ1n) is 6.82. The van der Waals surface area contributed by atoms with Crippen molar-refractivity contribution in [3.63, 3.8) is 0 Å². The number of hydrogen-bond donors (Lipinski definition) is 3. The number of urea groups is 1. The second-order valence-corrected chi connectivity index (χ2v) is 5.22. The predicted octanol–water partition coefficient (Wildman–Crippen LogP) is 1.12. The molecule has 3 unspecified atom stereocenters. The summed E-state index contributed by atoms with van der Waals surface area (Å²) in [5.74, 6) is 1.28. The van der Waals surface area contributed by atoms with Crippen LogP contribution in [0.1, 0.15) is 32.6 Å². The van der Waals surface area contributed by atoms with Crippen LogP contribution in [-0.4, -0.2) is 44.0 Å². The lowest BCUT2D eigenvalue weighted by molar-refractivity contribution is 0.0659. The van der Waals surface area contributed by atoms with Gasteiger partial charge in [0.2, 0.25) is 0 Å². The molecule has 0 aromatic heterocycles. The third-order valence-electron chi connectivity index (χ3n) is 3.67. The molecule has 0 aromatic rings. The van der Waals surface area contributed by atoms with Crippen molar-refractivity contribution in [2.45, 2.75) is 38.7 Å². The van der Waals surface area contributed by atoms with Gasteiger partial charge in [-0.1, -0.05) is 26.2 Å². The Hall–Kier alpha value is -0.810. The van der Waals surface area contributed by atoms with E-state index in [0.717, 1.165) is 6.54 Å². The molecule has 0 aromatic carbocycles. The summed E-state index contributed by atoms with van der Waals surface area (Å²) in [5, 5.41) is 14.9. The molecule has 1 aliphatic carbocycles. The molecule has 18 heavy (non-hydrogen) atoms. The van der Waals surface area contributed by atoms with Crippen molar-refractivity contribution in [3.8, 4) is 0 Å². The zero-order chi connectivity index (χ0) is 13.4. The second-order valence-electron chi connectivity index (χ2n) is 5.22. The first-order valence-corrected chi connectivity index (χ1v) is 6.82. The van der Waals surface area contributed by atoms with Crippen LogP contribution in [0.2, 0.25) is 0 Å². The highest BCUT2D eigenvalue weighted by Gasteiger charge is 2.21. The highest BCUT2D eigenvalue weighted by molar-refractivity contribution is 5.73. The van der Waals surface area contributed by atoms with Gasteiger partial charge >= 0.3 is 6.03 Å². The Morgan fingerprint density at radius 2 is 2.11 bits per heavy atom. The number of aliphatic hydroxyl groups is 1. The SMILES string of the molecule is COCC(O)CNC(=O)NCC1CCCCC1C. The molecule has 5 nitrogen and oxygen atoms in total. The monoisotopic (exact) mass is 258 g/mol. The van der Waals surface area contributed by atoms with E-state index in [2.05, 4.69) is 17.6 Å². The van der Waals surface area contributed by atoms with E-state index in [-0.39, 0.29) is 19.2 Å². The number of hydrogen-bond acceptors (Lipinski definition) is 3. The summed E-state index contributed by atoms with van der Waals surface area (Å²) >= 11 is 0. The van der Waals surface area contributed by atoms with Crippen LogP contribution in [0.3, 0.4) is 0 Å². The maximum Gasteiger partial charge on any atom is 0.314 e. The fraction of sp³-hybridized carbons (Fsp3) is 0.923. The summed E-state index contributed by atoms with van der Waals surface area (Å²) in [6.07, 6.45) is 4.40. The molecule has 1 fully saturated rings. The van der Waals surface area contributed by atoms with Gasteiger partial charge in [0.1, 0.15) is 0 Å². The Labute approximate surface area is 109 Å². The molecule has 1 rings (SSSR count). The summed E-state index contributed by atoms with van der Waals surface area (Å²) < 4.78 is 4.78. The van der Waals surface area contributed by atoms with Crippen molar-refractivity contribution in [2.24, 2.45) is 11.8 Å². The predicted molar refractivity (Wildman–Crippen MR) is 70.4 cm³/mol. The van der Waals surface area contributed by atoms with E-state index in [0.29, 0.717) is 11.8 Å². The Bertz CT molecular complexity index is 248. The minimum Gasteiger partial charge on any atom is -0.389 e. The average Bonchev–Trinajstić information content (AvgIpc) is 2.36. The number of methoxy groups -OCH3 is 1. The molecule has 1 aliphatic rings. The Kier molecular flexibility index (Phi) is 7.05. The van der Waals surface area contributed by atoms with E-state index in [4.69, 9.17) is 4.74 Å². The molecule has 0 radical (unpaired) electrons. The zero-order valence-corrected chi connectivity index (χ0v) is 11.4. The molecular formula is C13H26N2O3. The van der Waals surface area contributed by atoms with Gasteiger partial charge in [-0.2, -0.15) is 0 Å². The minimum absolute atomic E-state index is 0.206. The largest absolute Gasteiger partial charge is 0.389 e. The Morgan fingerprint density at radius 1 is 1.39 bits per heavy atom. The number of rotatable bonds is 6. The first kappa shape index (κ1) is 15.2. The van der Waals surface area contributed by atoms with Crippen molar-refractivity contribution in [1.29, 1.82) is 0 Å². The van der Waals surface area contributed by atoms with E-state index < -0.39 is 6.10 Å². The lowest BCUT2D eigenvalue weighted by Crippen LogP contribution is -2.43. The van der Waals surface area contributed by atoms with Crippen LogP contribution >= 0.6 is 0 Å². The molecule has 1 saturated carbocycles. The zero-order valence-electron chi connectivity index (χ0n) is 11.4. The number of ether oxygens (including phenoxy) is 1. The summed E-state index contributed by atoms with van der Waals surface area (Å²) in [7, 11) is 1.52. The molecule has 0 spiro atoms. The lowest BCUT2D eigenvalue weighted by Gasteiger charge is -2.28. The van der Waals surface area contributed by atoms with Crippen LogP contribution in [0, 0.1) is 11.8 Å². The topological polar surface area (TPSA) is 70.6 Å². The van der Waals surface area contributed by atoms with Gasteiger partial charge in [-0.15, -0.1) is 0 Å². The Balaban J connectivity index is 2.12. The van der Waals surface area contributed by atoms with Gasteiger partial charge in [0.05, 0.1) is 12.7 Å². The van der Waals surface area contributed by atoms with Crippen LogP contribution in [0.25, 0.3) is 0 Å². The van der Waals surface area contributed by atoms with Gasteiger partial charge in [0.15, 0.2) is 0 Å². The summed E-state index contributed by atoms with van der Waals surface area (Å²) in [6.45, 7) is 3.44. The van der Waals surface area contributed by atoms with Gasteiger partial charge in [-0.05, 0) is 18.3 Å². The molecule has 0 heterocycles. The summed E-state index contributed by atoms with van der Waals surface area (Å²) in [4.78, 5) is 11.5. The summed E-state index contributed by atoms with van der Waals surface area (Å²) in [6, 6.07) is -0.206. The van der Waals surface area contributed by atoms with Crippen LogP contribution < -0.4 is 10.6 Å². The maximum absolute atomic E-state index is 11.5. The fourth-order valence-corrected chi connectivity index (χ4v) is 2.44. The Morgan fingerprint density at radius 3 is 2.78 bits per heavy atom. The molecule has 0 bridgehead atoms. The van der Waals surface area contributed by atoms with Crippen LogP contribution in [0.15, 0.2) is 0 Å². The second kappa shape index (κ2) is 8.32. The van der Waals surface area contributed by atoms with Crippen LogP contribution in [0.4, 0.5) is 4.79 Å². The highest BCUT2D eigenvalue weighted by Crippen LogP contribution is 2.28. The van der Waals surface area contributed by atoms with E-state index in [1.54, 1.807) is 0 Å². The number of amides is 2. The molecule has 3 N–H and O–H groups in total. The summed E-state index contributed by atoms with van der Waals surface area (Å²) in [5.41, 5.74) is 0. The van der Waals surface area contributed by atoms with Gasteiger partial charge in [-0.25, -0.2) is 4.79 Å². The first-order chi connectivity index (χ1) is 8.63. The van der Waals surface area contributed by atoms with Gasteiger partial charge in [-0.3, -0.25) is 0 Å². The minimum atomic E-state index is -0.644. The normalized spacial score (nSPS) is 25.5. The van der Waals surface area contributed by atoms with E-state index in [1.807, 2.05) is 0 Å². The standard InChI is InChI=1S/C13H26N2O3/c1-10-5-3-4-6-11(10)7-14-13(17)15-8-12(16)9-18-2/h10-12,16H,3-9H2,1-2H3,(H2,14,15,17). The van der Waals surface area contributed by atoms with Crippen molar-refractivity contribution in [3.05, 3.63) is 0 Å². The van der Waals surface area contributed by atoms with Gasteiger partial charge in [0.25, 0.3) is 0 Å². The smallest absolute Gasteiger partial charge is 0.314 e. The maximum atomic E-state index is 11.5. The molecule has 0 aliphatic heterocycles. The number of aliphatic hydroxyl groups excluding tert-OH is 1. The van der Waals surface area contributed by atoms with Crippen LogP contribution in [0.5, 0.6) is 0 Å². The number of carbonyl (C=O) groups is 1. The molecular weight excluding hydrogens is 232 g/mol. The molecule has 5 heteroatoms. The van der Waals surface area contributed by atoms with Gasteiger partial charge < -0.3 is 20.5 Å². The van der Waals surface area contributed by atoms with Crippen molar-refractivity contribution < 1.29 is 14.6 Å². The van der Waals surface area contributed by atoms with E-state index >= 15 is 0 Å². The van der Waals surface area contributed by atoms with Crippen molar-refractivity contribution >= 4 is 6.03 Å². The van der Waals surface area contributed by atoms with E-state index in [1.165, 1.54) is 32.8 Å². The number of carbonyl (C=O) groups excluding carboxylic acids is 1. The lowest BCUT2D eigenvalue weighted by atomic mass is 9.80. The molecule has 3 atom stereocenters. The van der Waals surface area contributed by atoms with Crippen LogP contribution in [-0.2, 0) is 4.74 Å². The quantitative estimate of drug-likeness (QED) is 0.668. The third-order valence-corrected chi connectivity index (χ3v) is 3.67. The molecule has 106 valence electrons. The van der Waals surface area contributed by atoms with E-state index in [9.17, 15) is 9.90 Å². The molecule has 2 amide bonds. The van der Waals surface area contributed by atoms with Gasteiger partial charge in [0, 0.05) is 20.2 Å². The third kappa shape index (κ3) is 5.69. The van der Waals surface area contributed by atoms with Crippen molar-refractivity contribution in [2.75, 3.05) is 26.8 Å². The van der Waals surface area contributed by atoms with Crippen molar-refractivity contribution in [1.82, 2.24) is 10.6 Å². The number of nitrogens with one attached hydrogen (secondary N) is 2.